The average molecular weight is 243 g/mol. The minimum Gasteiger partial charge on any atom is -0.255 e. The first-order valence-corrected chi connectivity index (χ1v) is 6.13. The van der Waals surface area contributed by atoms with Gasteiger partial charge in [0.2, 0.25) is 0 Å². The molecular formula is C10H13NS3. The Kier molecular flexibility index (Phi) is 4.92. The molecule has 0 aliphatic heterocycles. The summed E-state index contributed by atoms with van der Waals surface area (Å²) in [6, 6.07) is 2.02. The number of hydrogen-bond acceptors (Lipinski definition) is 4. The van der Waals surface area contributed by atoms with E-state index in [9.17, 15) is 0 Å². The quantitative estimate of drug-likeness (QED) is 0.691. The zero-order valence-electron chi connectivity index (χ0n) is 7.77. The van der Waals surface area contributed by atoms with E-state index >= 15 is 0 Å². The molecule has 0 unspecified atom stereocenters. The second-order valence-corrected chi connectivity index (χ2v) is 3.76. The Balaban J connectivity index is 3.31. The lowest BCUT2D eigenvalue weighted by Crippen LogP contribution is -1.99. The van der Waals surface area contributed by atoms with Crippen LogP contribution in [0.15, 0.2) is 12.6 Å². The highest BCUT2D eigenvalue weighted by Crippen LogP contribution is 2.20. The Morgan fingerprint density at radius 2 is 1.93 bits per heavy atom. The van der Waals surface area contributed by atoms with Gasteiger partial charge in [-0.05, 0) is 11.6 Å². The molecule has 0 spiro atoms. The van der Waals surface area contributed by atoms with Crippen molar-refractivity contribution in [1.29, 1.82) is 0 Å². The molecule has 0 bridgehead atoms. The van der Waals surface area contributed by atoms with Gasteiger partial charge in [-0.1, -0.05) is 12.7 Å². The molecule has 0 saturated heterocycles. The predicted octanol–water partition coefficient (Wildman–Crippen LogP) is 3.01. The molecule has 0 atom stereocenters. The molecule has 0 N–H and O–H groups in total. The molecule has 1 aromatic heterocycles. The molecule has 76 valence electrons. The lowest BCUT2D eigenvalue weighted by atomic mass is 10.1. The van der Waals surface area contributed by atoms with Crippen LogP contribution in [-0.4, -0.2) is 4.98 Å². The van der Waals surface area contributed by atoms with Crippen molar-refractivity contribution in [3.05, 3.63) is 35.2 Å². The van der Waals surface area contributed by atoms with Crippen molar-refractivity contribution in [2.24, 2.45) is 0 Å². The molecule has 0 fully saturated rings. The van der Waals surface area contributed by atoms with Crippen molar-refractivity contribution >= 4 is 44.0 Å². The van der Waals surface area contributed by atoms with Crippen LogP contribution in [0, 0.1) is 0 Å². The third-order valence-corrected chi connectivity index (χ3v) is 2.93. The molecule has 14 heavy (non-hydrogen) atoms. The zero-order valence-corrected chi connectivity index (χ0v) is 10.5. The minimum absolute atomic E-state index is 0.615. The van der Waals surface area contributed by atoms with Crippen molar-refractivity contribution in [3.8, 4) is 0 Å². The number of aromatic nitrogens is 1. The van der Waals surface area contributed by atoms with Crippen LogP contribution in [0.3, 0.4) is 0 Å². The van der Waals surface area contributed by atoms with Gasteiger partial charge in [0.1, 0.15) is 0 Å². The van der Waals surface area contributed by atoms with Crippen LogP contribution in [-0.2, 0) is 17.3 Å². The molecule has 0 saturated carbocycles. The molecule has 1 heterocycles. The van der Waals surface area contributed by atoms with Crippen LogP contribution >= 0.6 is 37.9 Å². The van der Waals surface area contributed by atoms with Crippen LogP contribution in [0.4, 0.5) is 0 Å². The Morgan fingerprint density at radius 1 is 1.21 bits per heavy atom. The molecule has 0 aromatic carbocycles. The third kappa shape index (κ3) is 2.49. The van der Waals surface area contributed by atoms with E-state index in [-0.39, 0.29) is 0 Å². The molecule has 4 heteroatoms. The summed E-state index contributed by atoms with van der Waals surface area (Å²) in [5, 5.41) is 0. The fourth-order valence-corrected chi connectivity index (χ4v) is 1.98. The SMILES string of the molecule is C=Cc1c(CS)cc(CS)nc1CS. The summed E-state index contributed by atoms with van der Waals surface area (Å²) in [7, 11) is 0. The van der Waals surface area contributed by atoms with E-state index in [4.69, 9.17) is 0 Å². The summed E-state index contributed by atoms with van der Waals surface area (Å²) in [6.07, 6.45) is 1.81. The Labute approximate surface area is 101 Å². The van der Waals surface area contributed by atoms with E-state index in [1.165, 1.54) is 0 Å². The van der Waals surface area contributed by atoms with E-state index in [0.717, 1.165) is 22.5 Å². The van der Waals surface area contributed by atoms with Gasteiger partial charge in [0.05, 0.1) is 11.4 Å². The van der Waals surface area contributed by atoms with Gasteiger partial charge < -0.3 is 0 Å². The molecule has 0 aliphatic rings. The van der Waals surface area contributed by atoms with Crippen molar-refractivity contribution in [1.82, 2.24) is 4.98 Å². The first-order valence-electron chi connectivity index (χ1n) is 4.23. The van der Waals surface area contributed by atoms with Gasteiger partial charge in [0.15, 0.2) is 0 Å². The fraction of sp³-hybridized carbons (Fsp3) is 0.300. The van der Waals surface area contributed by atoms with E-state index in [1.807, 2.05) is 12.1 Å². The highest BCUT2D eigenvalue weighted by Gasteiger charge is 2.07. The molecule has 0 radical (unpaired) electrons. The van der Waals surface area contributed by atoms with Crippen LogP contribution in [0.1, 0.15) is 22.5 Å². The zero-order chi connectivity index (χ0) is 10.6. The van der Waals surface area contributed by atoms with Gasteiger partial charge in [0.25, 0.3) is 0 Å². The average Bonchev–Trinajstić information content (AvgIpc) is 2.26. The normalized spacial score (nSPS) is 10.2. The van der Waals surface area contributed by atoms with Crippen molar-refractivity contribution in [2.45, 2.75) is 17.3 Å². The monoisotopic (exact) mass is 243 g/mol. The first kappa shape index (κ1) is 12.0. The van der Waals surface area contributed by atoms with Crippen molar-refractivity contribution < 1.29 is 0 Å². The van der Waals surface area contributed by atoms with E-state index < -0.39 is 0 Å². The summed E-state index contributed by atoms with van der Waals surface area (Å²) in [5.74, 6) is 1.94. The van der Waals surface area contributed by atoms with Gasteiger partial charge in [-0.3, -0.25) is 4.98 Å². The van der Waals surface area contributed by atoms with Gasteiger partial charge in [-0.15, -0.1) is 0 Å². The van der Waals surface area contributed by atoms with Crippen LogP contribution in [0.2, 0.25) is 0 Å². The highest BCUT2D eigenvalue weighted by molar-refractivity contribution is 7.79. The lowest BCUT2D eigenvalue weighted by Gasteiger charge is -2.10. The maximum absolute atomic E-state index is 4.43. The van der Waals surface area contributed by atoms with E-state index in [2.05, 4.69) is 49.4 Å². The summed E-state index contributed by atoms with van der Waals surface area (Å²) in [6.45, 7) is 3.78. The molecule has 1 aromatic rings. The maximum atomic E-state index is 4.43. The molecule has 0 aliphatic carbocycles. The predicted molar refractivity (Wildman–Crippen MR) is 72.4 cm³/mol. The summed E-state index contributed by atoms with van der Waals surface area (Å²) >= 11 is 12.7. The van der Waals surface area contributed by atoms with E-state index in [0.29, 0.717) is 17.3 Å². The van der Waals surface area contributed by atoms with Crippen molar-refractivity contribution in [2.75, 3.05) is 0 Å². The maximum Gasteiger partial charge on any atom is 0.0578 e. The number of rotatable bonds is 4. The molecule has 1 rings (SSSR count). The number of thiol groups is 3. The summed E-state index contributed by atoms with van der Waals surface area (Å²) < 4.78 is 0. The molecular weight excluding hydrogens is 230 g/mol. The second-order valence-electron chi connectivity index (χ2n) is 2.81. The third-order valence-electron chi connectivity index (χ3n) is 1.96. The second kappa shape index (κ2) is 5.73. The smallest absolute Gasteiger partial charge is 0.0578 e. The largest absolute Gasteiger partial charge is 0.255 e. The number of nitrogens with zero attached hydrogens (tertiary/aromatic N) is 1. The Morgan fingerprint density at radius 3 is 2.36 bits per heavy atom. The number of pyridine rings is 1. The van der Waals surface area contributed by atoms with Gasteiger partial charge >= 0.3 is 0 Å². The summed E-state index contributed by atoms with van der Waals surface area (Å²) in [4.78, 5) is 4.43. The Hall–Kier alpha value is -0.0600. The Bertz CT molecular complexity index is 311. The van der Waals surface area contributed by atoms with Gasteiger partial charge in [-0.25, -0.2) is 0 Å². The molecule has 0 amide bonds. The van der Waals surface area contributed by atoms with E-state index in [1.54, 1.807) is 0 Å². The van der Waals surface area contributed by atoms with Crippen LogP contribution < -0.4 is 0 Å². The summed E-state index contributed by atoms with van der Waals surface area (Å²) in [5.41, 5.74) is 4.12. The van der Waals surface area contributed by atoms with Crippen LogP contribution in [0.25, 0.3) is 6.08 Å². The first-order chi connectivity index (χ1) is 6.76. The van der Waals surface area contributed by atoms with Gasteiger partial charge in [-0.2, -0.15) is 37.9 Å². The highest BCUT2D eigenvalue weighted by atomic mass is 32.1. The standard InChI is InChI=1S/C10H13NS3/c1-2-9-7(4-12)3-8(5-13)11-10(9)6-14/h2-3,12-14H,1,4-6H2. The van der Waals surface area contributed by atoms with Gasteiger partial charge in [0, 0.05) is 22.8 Å². The van der Waals surface area contributed by atoms with Crippen LogP contribution in [0.5, 0.6) is 0 Å². The number of hydrogen-bond donors (Lipinski definition) is 3. The van der Waals surface area contributed by atoms with Crippen molar-refractivity contribution in [3.63, 3.8) is 0 Å². The minimum atomic E-state index is 0.615. The topological polar surface area (TPSA) is 12.9 Å². The fourth-order valence-electron chi connectivity index (χ4n) is 1.31. The lowest BCUT2D eigenvalue weighted by molar-refractivity contribution is 1.07. The molecule has 1 nitrogen and oxygen atoms in total.